The van der Waals surface area contributed by atoms with Crippen LogP contribution in [0.3, 0.4) is 0 Å². The summed E-state index contributed by atoms with van der Waals surface area (Å²) < 4.78 is 11.8. The lowest BCUT2D eigenvalue weighted by molar-refractivity contribution is -0.140. The highest BCUT2D eigenvalue weighted by Crippen LogP contribution is 2.15. The monoisotopic (exact) mass is 459 g/mol. The minimum atomic E-state index is -0.347. The number of hydrogen-bond acceptors (Lipinski definition) is 5. The third kappa shape index (κ3) is 6.65. The van der Waals surface area contributed by atoms with Crippen molar-refractivity contribution in [2.24, 2.45) is 0 Å². The van der Waals surface area contributed by atoms with E-state index in [4.69, 9.17) is 9.47 Å². The van der Waals surface area contributed by atoms with E-state index in [1.165, 1.54) is 4.90 Å². The minimum absolute atomic E-state index is 0.00757. The zero-order chi connectivity index (χ0) is 23.8. The van der Waals surface area contributed by atoms with E-state index in [-0.39, 0.29) is 31.1 Å². The van der Waals surface area contributed by atoms with Crippen LogP contribution in [0.2, 0.25) is 0 Å². The van der Waals surface area contributed by atoms with E-state index in [0.717, 1.165) is 16.8 Å². The summed E-state index contributed by atoms with van der Waals surface area (Å²) in [6.45, 7) is 3.31. The molecule has 0 aliphatic carbocycles. The first-order valence-corrected chi connectivity index (χ1v) is 11.4. The van der Waals surface area contributed by atoms with Crippen LogP contribution in [0.15, 0.2) is 79.0 Å². The van der Waals surface area contributed by atoms with Gasteiger partial charge in [0.25, 0.3) is 5.91 Å². The van der Waals surface area contributed by atoms with E-state index in [9.17, 15) is 9.59 Å². The van der Waals surface area contributed by atoms with Gasteiger partial charge in [-0.3, -0.25) is 14.6 Å². The van der Waals surface area contributed by atoms with Gasteiger partial charge in [-0.15, -0.1) is 0 Å². The Balaban J connectivity index is 1.44. The molecule has 1 fully saturated rings. The molecule has 176 valence electrons. The second kappa shape index (κ2) is 11.4. The topological polar surface area (TPSA) is 72.0 Å². The van der Waals surface area contributed by atoms with E-state index < -0.39 is 0 Å². The molecule has 1 aliphatic rings. The maximum atomic E-state index is 13.1. The summed E-state index contributed by atoms with van der Waals surface area (Å²) in [4.78, 5) is 33.7. The molecule has 4 rings (SSSR count). The van der Waals surface area contributed by atoms with E-state index in [1.54, 1.807) is 11.1 Å². The number of rotatable bonds is 8. The van der Waals surface area contributed by atoms with Gasteiger partial charge in [0.15, 0.2) is 6.61 Å². The Morgan fingerprint density at radius 2 is 1.76 bits per heavy atom. The SMILES string of the molecule is Cc1ccc(OCC(=O)N2CC(=O)N(Cc3ccccc3)C[C@H](OCc3ccccn3)C2)cc1. The van der Waals surface area contributed by atoms with Gasteiger partial charge >= 0.3 is 0 Å². The van der Waals surface area contributed by atoms with Crippen LogP contribution in [-0.4, -0.2) is 58.9 Å². The summed E-state index contributed by atoms with van der Waals surface area (Å²) in [5.74, 6) is 0.257. The minimum Gasteiger partial charge on any atom is -0.484 e. The largest absolute Gasteiger partial charge is 0.484 e. The molecular formula is C27H29N3O4. The summed E-state index contributed by atoms with van der Waals surface area (Å²) >= 11 is 0. The van der Waals surface area contributed by atoms with Crippen LogP contribution in [0.1, 0.15) is 16.8 Å². The predicted molar refractivity (Wildman–Crippen MR) is 128 cm³/mol. The number of nitrogens with zero attached hydrogens (tertiary/aromatic N) is 3. The third-order valence-corrected chi connectivity index (χ3v) is 5.67. The van der Waals surface area contributed by atoms with E-state index in [1.807, 2.05) is 79.7 Å². The quantitative estimate of drug-likeness (QED) is 0.517. The van der Waals surface area contributed by atoms with Gasteiger partial charge in [-0.05, 0) is 36.8 Å². The van der Waals surface area contributed by atoms with Crippen molar-refractivity contribution < 1.29 is 19.1 Å². The van der Waals surface area contributed by atoms with Crippen molar-refractivity contribution in [1.29, 1.82) is 0 Å². The normalized spacial score (nSPS) is 16.3. The molecule has 1 aliphatic heterocycles. The van der Waals surface area contributed by atoms with Gasteiger partial charge in [0, 0.05) is 25.8 Å². The van der Waals surface area contributed by atoms with Crippen LogP contribution in [-0.2, 0) is 27.5 Å². The van der Waals surface area contributed by atoms with Gasteiger partial charge in [0.2, 0.25) is 5.91 Å². The van der Waals surface area contributed by atoms with Crippen LogP contribution in [0.4, 0.5) is 0 Å². The van der Waals surface area contributed by atoms with Gasteiger partial charge in [0.1, 0.15) is 5.75 Å². The van der Waals surface area contributed by atoms with Crippen LogP contribution < -0.4 is 4.74 Å². The average Bonchev–Trinajstić information content (AvgIpc) is 3.02. The molecule has 1 aromatic heterocycles. The fraction of sp³-hybridized carbons (Fsp3) is 0.296. The summed E-state index contributed by atoms with van der Waals surface area (Å²) in [5.41, 5.74) is 2.94. The number of carbonyl (C=O) groups is 2. The van der Waals surface area contributed by atoms with Gasteiger partial charge in [-0.25, -0.2) is 0 Å². The Morgan fingerprint density at radius 1 is 1.00 bits per heavy atom. The average molecular weight is 460 g/mol. The lowest BCUT2D eigenvalue weighted by Crippen LogP contribution is -2.42. The fourth-order valence-electron chi connectivity index (χ4n) is 3.79. The highest BCUT2D eigenvalue weighted by atomic mass is 16.5. The highest BCUT2D eigenvalue weighted by molar-refractivity contribution is 5.86. The summed E-state index contributed by atoms with van der Waals surface area (Å²) in [7, 11) is 0. The number of amides is 2. The zero-order valence-corrected chi connectivity index (χ0v) is 19.3. The Kier molecular flexibility index (Phi) is 7.88. The molecule has 3 aromatic rings. The first-order chi connectivity index (χ1) is 16.6. The van der Waals surface area contributed by atoms with Gasteiger partial charge in [-0.1, -0.05) is 54.1 Å². The molecule has 0 radical (unpaired) electrons. The van der Waals surface area contributed by atoms with Crippen LogP contribution in [0, 0.1) is 6.92 Å². The number of hydrogen-bond donors (Lipinski definition) is 0. The van der Waals surface area contributed by atoms with E-state index >= 15 is 0 Å². The number of aryl methyl sites for hydroxylation is 1. The first kappa shape index (κ1) is 23.4. The van der Waals surface area contributed by atoms with Crippen molar-refractivity contribution in [2.45, 2.75) is 26.2 Å². The fourth-order valence-corrected chi connectivity index (χ4v) is 3.79. The second-order valence-corrected chi connectivity index (χ2v) is 8.39. The number of carbonyl (C=O) groups excluding carboxylic acids is 2. The van der Waals surface area contributed by atoms with Crippen molar-refractivity contribution in [3.05, 3.63) is 95.8 Å². The first-order valence-electron chi connectivity index (χ1n) is 11.4. The number of ether oxygens (including phenoxy) is 2. The van der Waals surface area contributed by atoms with Crippen molar-refractivity contribution in [1.82, 2.24) is 14.8 Å². The number of pyridine rings is 1. The summed E-state index contributed by atoms with van der Waals surface area (Å²) in [5, 5.41) is 0. The lowest BCUT2D eigenvalue weighted by Gasteiger charge is -2.25. The van der Waals surface area contributed by atoms with Crippen molar-refractivity contribution in [3.8, 4) is 5.75 Å². The molecule has 2 aromatic carbocycles. The van der Waals surface area contributed by atoms with Crippen molar-refractivity contribution in [3.63, 3.8) is 0 Å². The molecule has 1 atom stereocenters. The number of benzene rings is 2. The van der Waals surface area contributed by atoms with E-state index in [2.05, 4.69) is 4.98 Å². The second-order valence-electron chi connectivity index (χ2n) is 8.39. The van der Waals surface area contributed by atoms with Gasteiger partial charge in [0.05, 0.1) is 24.9 Å². The smallest absolute Gasteiger partial charge is 0.261 e. The van der Waals surface area contributed by atoms with Gasteiger partial charge in [-0.2, -0.15) is 0 Å². The molecule has 7 nitrogen and oxygen atoms in total. The molecule has 0 saturated carbocycles. The Labute approximate surface area is 199 Å². The third-order valence-electron chi connectivity index (χ3n) is 5.67. The Morgan fingerprint density at radius 3 is 2.50 bits per heavy atom. The number of aromatic nitrogens is 1. The van der Waals surface area contributed by atoms with Crippen LogP contribution >= 0.6 is 0 Å². The molecule has 1 saturated heterocycles. The maximum Gasteiger partial charge on any atom is 0.261 e. The van der Waals surface area contributed by atoms with Crippen molar-refractivity contribution in [2.75, 3.05) is 26.2 Å². The predicted octanol–water partition coefficient (Wildman–Crippen LogP) is 3.23. The zero-order valence-electron chi connectivity index (χ0n) is 19.3. The molecular weight excluding hydrogens is 430 g/mol. The highest BCUT2D eigenvalue weighted by Gasteiger charge is 2.31. The molecule has 34 heavy (non-hydrogen) atoms. The molecule has 0 N–H and O–H groups in total. The summed E-state index contributed by atoms with van der Waals surface area (Å²) in [6.07, 6.45) is 1.37. The van der Waals surface area contributed by atoms with E-state index in [0.29, 0.717) is 32.0 Å². The molecule has 2 amide bonds. The molecule has 0 unspecified atom stereocenters. The molecule has 2 heterocycles. The van der Waals surface area contributed by atoms with Crippen LogP contribution in [0.25, 0.3) is 0 Å². The Bertz CT molecular complexity index is 1070. The van der Waals surface area contributed by atoms with Crippen LogP contribution in [0.5, 0.6) is 5.75 Å². The Hall–Kier alpha value is -3.71. The van der Waals surface area contributed by atoms with Gasteiger partial charge < -0.3 is 19.3 Å². The lowest BCUT2D eigenvalue weighted by atomic mass is 10.2. The van der Waals surface area contributed by atoms with Crippen molar-refractivity contribution >= 4 is 11.8 Å². The molecule has 0 bridgehead atoms. The molecule has 7 heteroatoms. The molecule has 0 spiro atoms. The standard InChI is InChI=1S/C27H29N3O4/c1-21-10-12-24(13-11-21)34-20-27(32)30-17-25(33-19-23-9-5-6-14-28-23)16-29(26(31)18-30)15-22-7-3-2-4-8-22/h2-14,25H,15-20H2,1H3/t25-/m0/s1. The maximum absolute atomic E-state index is 13.1. The summed E-state index contributed by atoms with van der Waals surface area (Å²) in [6, 6.07) is 23.0.